The molecule has 1 amide bonds. The summed E-state index contributed by atoms with van der Waals surface area (Å²) in [4.78, 5) is 20.5. The maximum Gasteiger partial charge on any atom is 0.237 e. The lowest BCUT2D eigenvalue weighted by Gasteiger charge is -2.03. The highest BCUT2D eigenvalue weighted by molar-refractivity contribution is 9.10. The Balaban J connectivity index is 1.83. The molecule has 0 aliphatic rings. The van der Waals surface area contributed by atoms with Crippen molar-refractivity contribution in [1.82, 2.24) is 9.97 Å². The summed E-state index contributed by atoms with van der Waals surface area (Å²) in [5.74, 6) is 0.549. The number of thioether (sulfide) groups is 1. The van der Waals surface area contributed by atoms with Crippen molar-refractivity contribution in [3.63, 3.8) is 0 Å². The lowest BCUT2D eigenvalue weighted by Crippen LogP contribution is -2.15. The summed E-state index contributed by atoms with van der Waals surface area (Å²) in [5.41, 5.74) is 0. The monoisotopic (exact) mass is 323 g/mol. The van der Waals surface area contributed by atoms with Crippen molar-refractivity contribution >= 4 is 39.5 Å². The normalized spacial score (nSPS) is 10.1. The number of halogens is 1. The Morgan fingerprint density at radius 3 is 2.56 bits per heavy atom. The van der Waals surface area contributed by atoms with E-state index in [-0.39, 0.29) is 5.91 Å². The van der Waals surface area contributed by atoms with Gasteiger partial charge >= 0.3 is 0 Å². The van der Waals surface area contributed by atoms with Gasteiger partial charge in [0.15, 0.2) is 0 Å². The van der Waals surface area contributed by atoms with Crippen LogP contribution in [0, 0.1) is 0 Å². The molecule has 0 saturated heterocycles. The van der Waals surface area contributed by atoms with E-state index in [4.69, 9.17) is 0 Å². The van der Waals surface area contributed by atoms with Gasteiger partial charge in [0, 0.05) is 21.8 Å². The third-order valence-corrected chi connectivity index (χ3v) is 3.54. The Kier molecular flexibility index (Phi) is 4.72. The predicted molar refractivity (Wildman–Crippen MR) is 75.5 cm³/mol. The minimum absolute atomic E-state index is 0.117. The van der Waals surface area contributed by atoms with Crippen molar-refractivity contribution in [3.05, 3.63) is 47.2 Å². The summed E-state index contributed by atoms with van der Waals surface area (Å²) in [6.07, 6.45) is 3.18. The van der Waals surface area contributed by atoms with E-state index in [1.165, 1.54) is 11.8 Å². The lowest BCUT2D eigenvalue weighted by atomic mass is 10.4. The van der Waals surface area contributed by atoms with E-state index in [0.29, 0.717) is 11.7 Å². The number of nitrogens with one attached hydrogen (secondary N) is 1. The van der Waals surface area contributed by atoms with E-state index in [1.807, 2.05) is 24.3 Å². The predicted octanol–water partition coefficient (Wildman–Crippen LogP) is 2.97. The van der Waals surface area contributed by atoms with Gasteiger partial charge in [-0.2, -0.15) is 0 Å². The van der Waals surface area contributed by atoms with Crippen LogP contribution in [0.3, 0.4) is 0 Å². The number of carbonyl (C=O) groups excluding carboxylic acids is 1. The molecule has 1 heterocycles. The molecule has 0 saturated carbocycles. The molecular formula is C12H10BrN3OS. The second-order valence-electron chi connectivity index (χ2n) is 3.36. The fraction of sp³-hybridized carbons (Fsp3) is 0.0833. The van der Waals surface area contributed by atoms with E-state index >= 15 is 0 Å². The molecule has 2 aromatic rings. The van der Waals surface area contributed by atoms with Crippen molar-refractivity contribution in [2.45, 2.75) is 4.90 Å². The molecule has 0 aliphatic heterocycles. The van der Waals surface area contributed by atoms with Gasteiger partial charge in [0.2, 0.25) is 11.9 Å². The number of anilines is 1. The molecule has 1 N–H and O–H groups in total. The Morgan fingerprint density at radius 1 is 1.22 bits per heavy atom. The third-order valence-electron chi connectivity index (χ3n) is 2.00. The van der Waals surface area contributed by atoms with Crippen molar-refractivity contribution in [3.8, 4) is 0 Å². The highest BCUT2D eigenvalue weighted by Gasteiger charge is 2.04. The molecule has 0 spiro atoms. The van der Waals surface area contributed by atoms with Crippen LogP contribution in [0.25, 0.3) is 0 Å². The van der Waals surface area contributed by atoms with E-state index in [0.717, 1.165) is 9.37 Å². The van der Waals surface area contributed by atoms with Crippen molar-refractivity contribution in [2.24, 2.45) is 0 Å². The summed E-state index contributed by atoms with van der Waals surface area (Å²) in [6.45, 7) is 0. The fourth-order valence-corrected chi connectivity index (χ4v) is 2.17. The van der Waals surface area contributed by atoms with Crippen molar-refractivity contribution < 1.29 is 4.79 Å². The summed E-state index contributed by atoms with van der Waals surface area (Å²) < 4.78 is 1.02. The van der Waals surface area contributed by atoms with Gasteiger partial charge in [-0.15, -0.1) is 11.8 Å². The van der Waals surface area contributed by atoms with Crippen LogP contribution in [-0.4, -0.2) is 21.6 Å². The Labute approximate surface area is 117 Å². The maximum absolute atomic E-state index is 11.6. The van der Waals surface area contributed by atoms with E-state index in [1.54, 1.807) is 18.5 Å². The zero-order valence-electron chi connectivity index (χ0n) is 9.34. The average Bonchev–Trinajstić information content (AvgIpc) is 2.39. The first-order chi connectivity index (χ1) is 8.74. The highest BCUT2D eigenvalue weighted by Crippen LogP contribution is 2.20. The summed E-state index contributed by atoms with van der Waals surface area (Å²) >= 11 is 4.83. The first kappa shape index (κ1) is 13.0. The molecule has 4 nitrogen and oxygen atoms in total. The highest BCUT2D eigenvalue weighted by atomic mass is 79.9. The summed E-state index contributed by atoms with van der Waals surface area (Å²) in [7, 11) is 0. The molecule has 6 heteroatoms. The number of amides is 1. The van der Waals surface area contributed by atoms with Gasteiger partial charge in [-0.25, -0.2) is 9.97 Å². The number of hydrogen-bond acceptors (Lipinski definition) is 4. The van der Waals surface area contributed by atoms with Crippen LogP contribution in [0.4, 0.5) is 5.95 Å². The summed E-state index contributed by atoms with van der Waals surface area (Å²) in [5, 5.41) is 2.63. The van der Waals surface area contributed by atoms with Gasteiger partial charge in [0.25, 0.3) is 0 Å². The molecule has 0 unspecified atom stereocenters. The van der Waals surface area contributed by atoms with Gasteiger partial charge in [0.05, 0.1) is 5.75 Å². The van der Waals surface area contributed by atoms with Gasteiger partial charge < -0.3 is 0 Å². The standard InChI is InChI=1S/C12H10BrN3OS/c13-9-2-4-10(5-3-9)18-8-11(17)16-12-14-6-1-7-15-12/h1-7H,8H2,(H,14,15,16,17). The zero-order chi connectivity index (χ0) is 12.8. The number of nitrogens with zero attached hydrogens (tertiary/aromatic N) is 2. The van der Waals surface area contributed by atoms with Crippen LogP contribution in [0.2, 0.25) is 0 Å². The maximum atomic E-state index is 11.6. The largest absolute Gasteiger partial charge is 0.294 e. The third kappa shape index (κ3) is 4.12. The Morgan fingerprint density at radius 2 is 1.89 bits per heavy atom. The second kappa shape index (κ2) is 6.51. The van der Waals surface area contributed by atoms with Crippen LogP contribution in [-0.2, 0) is 4.79 Å². The van der Waals surface area contributed by atoms with Crippen LogP contribution in [0.15, 0.2) is 52.1 Å². The number of hydrogen-bond donors (Lipinski definition) is 1. The second-order valence-corrected chi connectivity index (χ2v) is 5.33. The number of rotatable bonds is 4. The summed E-state index contributed by atoms with van der Waals surface area (Å²) in [6, 6.07) is 9.51. The molecule has 0 atom stereocenters. The molecule has 1 aromatic heterocycles. The number of benzene rings is 1. The van der Waals surface area contributed by atoms with E-state index in [9.17, 15) is 4.79 Å². The van der Waals surface area contributed by atoms with Crippen molar-refractivity contribution in [2.75, 3.05) is 11.1 Å². The molecule has 1 aromatic carbocycles. The Hall–Kier alpha value is -1.40. The molecular weight excluding hydrogens is 314 g/mol. The average molecular weight is 324 g/mol. The zero-order valence-corrected chi connectivity index (χ0v) is 11.7. The molecule has 0 fully saturated rings. The molecule has 0 radical (unpaired) electrons. The van der Waals surface area contributed by atoms with E-state index in [2.05, 4.69) is 31.2 Å². The van der Waals surface area contributed by atoms with Crippen LogP contribution < -0.4 is 5.32 Å². The molecule has 92 valence electrons. The molecule has 0 bridgehead atoms. The smallest absolute Gasteiger partial charge is 0.237 e. The SMILES string of the molecule is O=C(CSc1ccc(Br)cc1)Nc1ncccn1. The number of carbonyl (C=O) groups is 1. The minimum atomic E-state index is -0.117. The fourth-order valence-electron chi connectivity index (χ4n) is 1.20. The number of aromatic nitrogens is 2. The van der Waals surface area contributed by atoms with Gasteiger partial charge in [-0.05, 0) is 30.3 Å². The van der Waals surface area contributed by atoms with Gasteiger partial charge in [-0.3, -0.25) is 10.1 Å². The van der Waals surface area contributed by atoms with Crippen LogP contribution >= 0.6 is 27.7 Å². The lowest BCUT2D eigenvalue weighted by molar-refractivity contribution is -0.113. The van der Waals surface area contributed by atoms with Crippen LogP contribution in [0.5, 0.6) is 0 Å². The van der Waals surface area contributed by atoms with Crippen molar-refractivity contribution in [1.29, 1.82) is 0 Å². The first-order valence-corrected chi connectivity index (χ1v) is 6.97. The molecule has 0 aliphatic carbocycles. The molecule has 18 heavy (non-hydrogen) atoms. The van der Waals surface area contributed by atoms with E-state index < -0.39 is 0 Å². The van der Waals surface area contributed by atoms with Crippen LogP contribution in [0.1, 0.15) is 0 Å². The topological polar surface area (TPSA) is 54.9 Å². The Bertz CT molecular complexity index is 519. The minimum Gasteiger partial charge on any atom is -0.294 e. The quantitative estimate of drug-likeness (QED) is 0.879. The van der Waals surface area contributed by atoms with Gasteiger partial charge in [0.1, 0.15) is 0 Å². The first-order valence-electron chi connectivity index (χ1n) is 5.19. The van der Waals surface area contributed by atoms with Gasteiger partial charge in [-0.1, -0.05) is 15.9 Å². The molecule has 2 rings (SSSR count).